The number of likely N-dealkylation sites (tertiary alicyclic amines) is 1. The minimum Gasteiger partial charge on any atom is -0.335 e. The second kappa shape index (κ2) is 3.84. The predicted octanol–water partition coefficient (Wildman–Crippen LogP) is 0.225. The SMILES string of the molecule is Cn1ccnc1C(=O)N1CCC(=O)CC1. The van der Waals surface area contributed by atoms with Crippen molar-refractivity contribution >= 4 is 11.7 Å². The Bertz CT molecular complexity index is 387. The molecular weight excluding hydrogens is 194 g/mol. The lowest BCUT2D eigenvalue weighted by molar-refractivity contribution is -0.120. The number of ketones is 1. The van der Waals surface area contributed by atoms with Crippen LogP contribution in [0.5, 0.6) is 0 Å². The first kappa shape index (κ1) is 9.89. The summed E-state index contributed by atoms with van der Waals surface area (Å²) in [5.74, 6) is 0.582. The molecule has 0 spiro atoms. The van der Waals surface area contributed by atoms with E-state index in [9.17, 15) is 9.59 Å². The fraction of sp³-hybridized carbons (Fsp3) is 0.500. The van der Waals surface area contributed by atoms with Gasteiger partial charge in [-0.05, 0) is 0 Å². The zero-order valence-corrected chi connectivity index (χ0v) is 8.64. The van der Waals surface area contributed by atoms with Gasteiger partial charge in [0.25, 0.3) is 5.91 Å². The number of carbonyl (C=O) groups excluding carboxylic acids is 2. The fourth-order valence-corrected chi connectivity index (χ4v) is 1.67. The molecule has 0 bridgehead atoms. The zero-order valence-electron chi connectivity index (χ0n) is 8.64. The van der Waals surface area contributed by atoms with Crippen molar-refractivity contribution in [2.75, 3.05) is 13.1 Å². The third kappa shape index (κ3) is 1.91. The van der Waals surface area contributed by atoms with Crippen LogP contribution in [-0.4, -0.2) is 39.2 Å². The molecule has 1 aliphatic rings. The number of piperidine rings is 1. The van der Waals surface area contributed by atoms with Crippen LogP contribution >= 0.6 is 0 Å². The summed E-state index contributed by atoms with van der Waals surface area (Å²) in [4.78, 5) is 28.6. The predicted molar refractivity (Wildman–Crippen MR) is 53.4 cm³/mol. The Kier molecular flexibility index (Phi) is 2.53. The van der Waals surface area contributed by atoms with Gasteiger partial charge in [0.1, 0.15) is 5.78 Å². The molecule has 0 aromatic carbocycles. The van der Waals surface area contributed by atoms with Gasteiger partial charge in [-0.1, -0.05) is 0 Å². The van der Waals surface area contributed by atoms with Crippen LogP contribution in [0.15, 0.2) is 12.4 Å². The average molecular weight is 207 g/mol. The quantitative estimate of drug-likeness (QED) is 0.662. The molecule has 0 atom stereocenters. The first-order chi connectivity index (χ1) is 7.18. The van der Waals surface area contributed by atoms with Crippen LogP contribution in [0.3, 0.4) is 0 Å². The molecule has 0 saturated carbocycles. The third-order valence-corrected chi connectivity index (χ3v) is 2.62. The Morgan fingerprint density at radius 1 is 1.40 bits per heavy atom. The van der Waals surface area contributed by atoms with Crippen LogP contribution in [0.25, 0.3) is 0 Å². The first-order valence-electron chi connectivity index (χ1n) is 4.97. The van der Waals surface area contributed by atoms with E-state index >= 15 is 0 Å². The molecule has 15 heavy (non-hydrogen) atoms. The molecule has 0 N–H and O–H groups in total. The van der Waals surface area contributed by atoms with Crippen molar-refractivity contribution in [3.05, 3.63) is 18.2 Å². The minimum atomic E-state index is -0.0880. The summed E-state index contributed by atoms with van der Waals surface area (Å²) < 4.78 is 1.69. The molecule has 1 aliphatic heterocycles. The number of aromatic nitrogens is 2. The molecule has 1 fully saturated rings. The van der Waals surface area contributed by atoms with E-state index in [-0.39, 0.29) is 11.7 Å². The molecule has 2 rings (SSSR count). The largest absolute Gasteiger partial charge is 0.335 e. The fourth-order valence-electron chi connectivity index (χ4n) is 1.67. The minimum absolute atomic E-state index is 0.0880. The van der Waals surface area contributed by atoms with Gasteiger partial charge in [-0.15, -0.1) is 0 Å². The van der Waals surface area contributed by atoms with Crippen LogP contribution in [-0.2, 0) is 11.8 Å². The van der Waals surface area contributed by atoms with Gasteiger partial charge in [0.15, 0.2) is 5.82 Å². The summed E-state index contributed by atoms with van der Waals surface area (Å²) in [5, 5.41) is 0. The van der Waals surface area contributed by atoms with Crippen LogP contribution in [0, 0.1) is 0 Å². The summed E-state index contributed by atoms with van der Waals surface area (Å²) >= 11 is 0. The molecule has 1 saturated heterocycles. The molecule has 1 aromatic heterocycles. The number of hydrogen-bond acceptors (Lipinski definition) is 3. The molecule has 0 unspecified atom stereocenters. The molecule has 5 nitrogen and oxygen atoms in total. The maximum atomic E-state index is 11.9. The number of aryl methyl sites for hydroxylation is 1. The molecule has 1 aromatic rings. The standard InChI is InChI=1S/C10H13N3O2/c1-12-7-4-11-9(12)10(15)13-5-2-8(14)3-6-13/h4,7H,2-3,5-6H2,1H3. The topological polar surface area (TPSA) is 55.2 Å². The smallest absolute Gasteiger partial charge is 0.289 e. The summed E-state index contributed by atoms with van der Waals surface area (Å²) in [5.41, 5.74) is 0. The number of Topliss-reactive ketones (excluding diaryl/α,β-unsaturated/α-hetero) is 1. The summed E-state index contributed by atoms with van der Waals surface area (Å²) in [6.45, 7) is 1.04. The van der Waals surface area contributed by atoms with Crippen molar-refractivity contribution in [1.82, 2.24) is 14.5 Å². The molecule has 2 heterocycles. The third-order valence-electron chi connectivity index (χ3n) is 2.62. The summed E-state index contributed by atoms with van der Waals surface area (Å²) in [6.07, 6.45) is 4.27. The van der Waals surface area contributed by atoms with Gasteiger partial charge in [0.05, 0.1) is 0 Å². The number of amides is 1. The van der Waals surface area contributed by atoms with Crippen molar-refractivity contribution in [2.45, 2.75) is 12.8 Å². The first-order valence-corrected chi connectivity index (χ1v) is 4.97. The van der Waals surface area contributed by atoms with E-state index < -0.39 is 0 Å². The summed E-state index contributed by atoms with van der Waals surface area (Å²) in [6, 6.07) is 0. The van der Waals surface area contributed by atoms with Crippen molar-refractivity contribution in [3.63, 3.8) is 0 Å². The Hall–Kier alpha value is -1.65. The van der Waals surface area contributed by atoms with Gasteiger partial charge in [0, 0.05) is 45.4 Å². The highest BCUT2D eigenvalue weighted by molar-refractivity contribution is 5.92. The van der Waals surface area contributed by atoms with Gasteiger partial charge in [-0.3, -0.25) is 9.59 Å². The number of imidazole rings is 1. The van der Waals surface area contributed by atoms with Crippen molar-refractivity contribution < 1.29 is 9.59 Å². The normalized spacial score (nSPS) is 16.9. The van der Waals surface area contributed by atoms with E-state index in [1.807, 2.05) is 0 Å². The van der Waals surface area contributed by atoms with E-state index in [1.54, 1.807) is 28.9 Å². The second-order valence-electron chi connectivity index (χ2n) is 3.69. The molecule has 80 valence electrons. The van der Waals surface area contributed by atoms with Crippen LogP contribution in [0.1, 0.15) is 23.5 Å². The van der Waals surface area contributed by atoms with Crippen molar-refractivity contribution in [3.8, 4) is 0 Å². The van der Waals surface area contributed by atoms with Gasteiger partial charge in [-0.2, -0.15) is 0 Å². The highest BCUT2D eigenvalue weighted by Gasteiger charge is 2.23. The van der Waals surface area contributed by atoms with E-state index in [1.165, 1.54) is 0 Å². The average Bonchev–Trinajstić information content (AvgIpc) is 2.65. The van der Waals surface area contributed by atoms with E-state index in [2.05, 4.69) is 4.98 Å². The monoisotopic (exact) mass is 207 g/mol. The van der Waals surface area contributed by atoms with Crippen molar-refractivity contribution in [1.29, 1.82) is 0 Å². The molecular formula is C10H13N3O2. The number of hydrogen-bond donors (Lipinski definition) is 0. The maximum Gasteiger partial charge on any atom is 0.289 e. The van der Waals surface area contributed by atoms with Crippen LogP contribution < -0.4 is 0 Å². The number of rotatable bonds is 1. The van der Waals surface area contributed by atoms with Gasteiger partial charge in [0.2, 0.25) is 0 Å². The van der Waals surface area contributed by atoms with Gasteiger partial charge >= 0.3 is 0 Å². The highest BCUT2D eigenvalue weighted by atomic mass is 16.2. The second-order valence-corrected chi connectivity index (χ2v) is 3.69. The Morgan fingerprint density at radius 2 is 2.07 bits per heavy atom. The van der Waals surface area contributed by atoms with E-state index in [0.29, 0.717) is 31.8 Å². The summed E-state index contributed by atoms with van der Waals surface area (Å²) in [7, 11) is 1.79. The Morgan fingerprint density at radius 3 is 2.60 bits per heavy atom. The number of nitrogens with zero attached hydrogens (tertiary/aromatic N) is 3. The molecule has 1 amide bonds. The lowest BCUT2D eigenvalue weighted by atomic mass is 10.1. The van der Waals surface area contributed by atoms with Crippen LogP contribution in [0.4, 0.5) is 0 Å². The lowest BCUT2D eigenvalue weighted by Crippen LogP contribution is -2.39. The molecule has 0 aliphatic carbocycles. The maximum absolute atomic E-state index is 11.9. The molecule has 5 heteroatoms. The number of carbonyl (C=O) groups is 2. The highest BCUT2D eigenvalue weighted by Crippen LogP contribution is 2.09. The zero-order chi connectivity index (χ0) is 10.8. The molecule has 0 radical (unpaired) electrons. The van der Waals surface area contributed by atoms with Crippen LogP contribution in [0.2, 0.25) is 0 Å². The van der Waals surface area contributed by atoms with E-state index in [0.717, 1.165) is 0 Å². The van der Waals surface area contributed by atoms with E-state index in [4.69, 9.17) is 0 Å². The Balaban J connectivity index is 2.09. The van der Waals surface area contributed by atoms with Crippen molar-refractivity contribution in [2.24, 2.45) is 7.05 Å². The van der Waals surface area contributed by atoms with Gasteiger partial charge < -0.3 is 9.47 Å². The van der Waals surface area contributed by atoms with Gasteiger partial charge in [-0.25, -0.2) is 4.98 Å². The lowest BCUT2D eigenvalue weighted by Gasteiger charge is -2.25. The Labute approximate surface area is 87.7 Å².